The van der Waals surface area contributed by atoms with Crippen LogP contribution in [0.5, 0.6) is 0 Å². The first-order valence-electron chi connectivity index (χ1n) is 5.84. The first-order valence-corrected chi connectivity index (χ1v) is 5.84. The van der Waals surface area contributed by atoms with E-state index in [-0.39, 0.29) is 5.41 Å². The van der Waals surface area contributed by atoms with Gasteiger partial charge in [0.25, 0.3) is 0 Å². The van der Waals surface area contributed by atoms with Crippen molar-refractivity contribution in [3.63, 3.8) is 0 Å². The van der Waals surface area contributed by atoms with Crippen LogP contribution in [-0.4, -0.2) is 17.0 Å². The fourth-order valence-electron chi connectivity index (χ4n) is 1.74. The van der Waals surface area contributed by atoms with Crippen LogP contribution in [0.3, 0.4) is 0 Å². The molecule has 2 N–H and O–H groups in total. The molecule has 0 aliphatic rings. The first kappa shape index (κ1) is 11.7. The highest BCUT2D eigenvalue weighted by molar-refractivity contribution is 5.60. The molecule has 17 heavy (non-hydrogen) atoms. The lowest BCUT2D eigenvalue weighted by atomic mass is 9.86. The van der Waals surface area contributed by atoms with Crippen molar-refractivity contribution in [3.05, 3.63) is 36.0 Å². The molecule has 90 valence electrons. The van der Waals surface area contributed by atoms with Crippen molar-refractivity contribution in [3.8, 4) is 11.3 Å². The van der Waals surface area contributed by atoms with Gasteiger partial charge < -0.3 is 10.3 Å². The van der Waals surface area contributed by atoms with Crippen LogP contribution in [-0.2, 0) is 5.41 Å². The SMILES string of the molecule is CNc1ncc(-c2ccc(C(C)(C)C)cc2)[nH]1. The topological polar surface area (TPSA) is 40.7 Å². The average Bonchev–Trinajstić information content (AvgIpc) is 2.76. The Labute approximate surface area is 102 Å². The molecular weight excluding hydrogens is 210 g/mol. The van der Waals surface area contributed by atoms with E-state index in [1.807, 2.05) is 13.2 Å². The van der Waals surface area contributed by atoms with Crippen LogP contribution in [0.1, 0.15) is 26.3 Å². The number of aromatic amines is 1. The maximum atomic E-state index is 4.22. The highest BCUT2D eigenvalue weighted by Gasteiger charge is 2.13. The minimum absolute atomic E-state index is 0.197. The zero-order chi connectivity index (χ0) is 12.5. The number of benzene rings is 1. The Kier molecular flexibility index (Phi) is 2.92. The van der Waals surface area contributed by atoms with Crippen molar-refractivity contribution < 1.29 is 0 Å². The van der Waals surface area contributed by atoms with Gasteiger partial charge in [0.2, 0.25) is 0 Å². The van der Waals surface area contributed by atoms with Gasteiger partial charge in [-0.15, -0.1) is 0 Å². The monoisotopic (exact) mass is 229 g/mol. The number of nitrogens with one attached hydrogen (secondary N) is 2. The number of hydrogen-bond donors (Lipinski definition) is 2. The van der Waals surface area contributed by atoms with Gasteiger partial charge in [-0.05, 0) is 16.5 Å². The third-order valence-electron chi connectivity index (χ3n) is 2.87. The highest BCUT2D eigenvalue weighted by atomic mass is 15.1. The lowest BCUT2D eigenvalue weighted by Gasteiger charge is -2.18. The maximum Gasteiger partial charge on any atom is 0.200 e. The summed E-state index contributed by atoms with van der Waals surface area (Å²) in [5.41, 5.74) is 3.74. The van der Waals surface area contributed by atoms with Crippen molar-refractivity contribution in [2.45, 2.75) is 26.2 Å². The molecule has 2 rings (SSSR count). The summed E-state index contributed by atoms with van der Waals surface area (Å²) in [6.07, 6.45) is 1.85. The third kappa shape index (κ3) is 2.49. The first-order chi connectivity index (χ1) is 8.00. The summed E-state index contributed by atoms with van der Waals surface area (Å²) in [7, 11) is 1.85. The second-order valence-corrected chi connectivity index (χ2v) is 5.22. The molecular formula is C14H19N3. The number of H-pyrrole nitrogens is 1. The number of imidazole rings is 1. The van der Waals surface area contributed by atoms with Crippen LogP contribution in [0.25, 0.3) is 11.3 Å². The molecule has 1 heterocycles. The van der Waals surface area contributed by atoms with Crippen molar-refractivity contribution in [2.75, 3.05) is 12.4 Å². The summed E-state index contributed by atoms with van der Waals surface area (Å²) in [5, 5.41) is 2.99. The Morgan fingerprint density at radius 2 is 1.76 bits per heavy atom. The Morgan fingerprint density at radius 1 is 1.12 bits per heavy atom. The molecule has 0 atom stereocenters. The Morgan fingerprint density at radius 3 is 2.24 bits per heavy atom. The summed E-state index contributed by atoms with van der Waals surface area (Å²) in [4.78, 5) is 7.43. The largest absolute Gasteiger partial charge is 0.359 e. The number of anilines is 1. The Bertz CT molecular complexity index is 489. The van der Waals surface area contributed by atoms with E-state index in [2.05, 4.69) is 60.3 Å². The molecule has 0 radical (unpaired) electrons. The van der Waals surface area contributed by atoms with Crippen LogP contribution in [0.4, 0.5) is 5.95 Å². The Balaban J connectivity index is 2.29. The predicted molar refractivity (Wildman–Crippen MR) is 72.3 cm³/mol. The molecule has 0 unspecified atom stereocenters. The fraction of sp³-hybridized carbons (Fsp3) is 0.357. The third-order valence-corrected chi connectivity index (χ3v) is 2.87. The summed E-state index contributed by atoms with van der Waals surface area (Å²) >= 11 is 0. The van der Waals surface area contributed by atoms with Crippen LogP contribution in [0.2, 0.25) is 0 Å². The van der Waals surface area contributed by atoms with Gasteiger partial charge in [0.15, 0.2) is 5.95 Å². The highest BCUT2D eigenvalue weighted by Crippen LogP contribution is 2.25. The molecule has 3 heteroatoms. The van der Waals surface area contributed by atoms with E-state index in [1.165, 1.54) is 5.56 Å². The molecule has 2 aromatic rings. The van der Waals surface area contributed by atoms with Gasteiger partial charge in [0.1, 0.15) is 0 Å². The molecule has 0 saturated heterocycles. The van der Waals surface area contributed by atoms with E-state index < -0.39 is 0 Å². The summed E-state index contributed by atoms with van der Waals surface area (Å²) < 4.78 is 0. The second-order valence-electron chi connectivity index (χ2n) is 5.22. The summed E-state index contributed by atoms with van der Waals surface area (Å²) in [5.74, 6) is 0.792. The summed E-state index contributed by atoms with van der Waals surface area (Å²) in [6.45, 7) is 6.66. The van der Waals surface area contributed by atoms with Gasteiger partial charge in [-0.1, -0.05) is 45.0 Å². The molecule has 0 amide bonds. The van der Waals surface area contributed by atoms with Crippen LogP contribution in [0, 0.1) is 0 Å². The maximum absolute atomic E-state index is 4.22. The van der Waals surface area contributed by atoms with Crippen LogP contribution < -0.4 is 5.32 Å². The minimum Gasteiger partial charge on any atom is -0.359 e. The van der Waals surface area contributed by atoms with E-state index in [1.54, 1.807) is 0 Å². The molecule has 0 aliphatic carbocycles. The predicted octanol–water partition coefficient (Wildman–Crippen LogP) is 3.42. The number of nitrogens with zero attached hydrogens (tertiary/aromatic N) is 1. The van der Waals surface area contributed by atoms with Gasteiger partial charge in [-0.3, -0.25) is 0 Å². The Hall–Kier alpha value is -1.77. The zero-order valence-corrected chi connectivity index (χ0v) is 10.8. The number of rotatable bonds is 2. The molecule has 1 aromatic carbocycles. The van der Waals surface area contributed by atoms with Gasteiger partial charge in [0.05, 0.1) is 11.9 Å². The molecule has 3 nitrogen and oxygen atoms in total. The second kappa shape index (κ2) is 4.24. The fourth-order valence-corrected chi connectivity index (χ4v) is 1.74. The van der Waals surface area contributed by atoms with Gasteiger partial charge in [-0.2, -0.15) is 0 Å². The molecule has 0 fully saturated rings. The standard InChI is InChI=1S/C14H19N3/c1-14(2,3)11-7-5-10(6-8-11)12-9-16-13(15-4)17-12/h5-9H,1-4H3,(H2,15,16,17). The minimum atomic E-state index is 0.197. The van der Waals surface area contributed by atoms with Crippen molar-refractivity contribution in [1.82, 2.24) is 9.97 Å². The smallest absolute Gasteiger partial charge is 0.200 e. The molecule has 0 saturated carbocycles. The van der Waals surface area contributed by atoms with Gasteiger partial charge in [0, 0.05) is 7.05 Å². The van der Waals surface area contributed by atoms with Gasteiger partial charge >= 0.3 is 0 Å². The van der Waals surface area contributed by atoms with Crippen LogP contribution in [0.15, 0.2) is 30.5 Å². The lowest BCUT2D eigenvalue weighted by molar-refractivity contribution is 0.590. The van der Waals surface area contributed by atoms with E-state index in [9.17, 15) is 0 Å². The van der Waals surface area contributed by atoms with E-state index in [0.29, 0.717) is 0 Å². The van der Waals surface area contributed by atoms with E-state index in [4.69, 9.17) is 0 Å². The number of hydrogen-bond acceptors (Lipinski definition) is 2. The molecule has 0 aliphatic heterocycles. The van der Waals surface area contributed by atoms with E-state index in [0.717, 1.165) is 17.2 Å². The van der Waals surface area contributed by atoms with E-state index >= 15 is 0 Å². The molecule has 0 spiro atoms. The van der Waals surface area contributed by atoms with Crippen molar-refractivity contribution in [1.29, 1.82) is 0 Å². The summed E-state index contributed by atoms with van der Waals surface area (Å²) in [6, 6.07) is 8.62. The van der Waals surface area contributed by atoms with Crippen LogP contribution >= 0.6 is 0 Å². The molecule has 1 aromatic heterocycles. The van der Waals surface area contributed by atoms with Crippen molar-refractivity contribution in [2.24, 2.45) is 0 Å². The van der Waals surface area contributed by atoms with Crippen molar-refractivity contribution >= 4 is 5.95 Å². The van der Waals surface area contributed by atoms with Gasteiger partial charge in [-0.25, -0.2) is 4.98 Å². The number of aromatic nitrogens is 2. The zero-order valence-electron chi connectivity index (χ0n) is 10.8. The normalized spacial score (nSPS) is 11.5. The lowest BCUT2D eigenvalue weighted by Crippen LogP contribution is -2.10. The average molecular weight is 229 g/mol. The molecule has 0 bridgehead atoms. The quantitative estimate of drug-likeness (QED) is 0.828.